The highest BCUT2D eigenvalue weighted by molar-refractivity contribution is 8.13. The van der Waals surface area contributed by atoms with Crippen molar-refractivity contribution in [2.45, 2.75) is 18.9 Å². The molecule has 6 heteroatoms. The van der Waals surface area contributed by atoms with Crippen LogP contribution in [0.25, 0.3) is 0 Å². The van der Waals surface area contributed by atoms with Crippen LogP contribution in [0, 0.1) is 0 Å². The lowest BCUT2D eigenvalue weighted by atomic mass is 9.90. The van der Waals surface area contributed by atoms with Crippen LogP contribution in [0.15, 0.2) is 59.6 Å². The Morgan fingerprint density at radius 2 is 2.04 bits per heavy atom. The summed E-state index contributed by atoms with van der Waals surface area (Å²) in [5.41, 5.74) is 7.44. The summed E-state index contributed by atoms with van der Waals surface area (Å²) in [5, 5.41) is 0.615. The molecule has 0 bridgehead atoms. The summed E-state index contributed by atoms with van der Waals surface area (Å²) >= 11 is 1.58. The van der Waals surface area contributed by atoms with Crippen molar-refractivity contribution >= 4 is 28.5 Å². The summed E-state index contributed by atoms with van der Waals surface area (Å²) in [4.78, 5) is 18.6. The first-order valence-corrected chi connectivity index (χ1v) is 9.49. The fourth-order valence-corrected chi connectivity index (χ4v) is 3.83. The minimum atomic E-state index is -0.348. The van der Waals surface area contributed by atoms with Gasteiger partial charge in [0, 0.05) is 18.5 Å². The Hall–Kier alpha value is -2.47. The van der Waals surface area contributed by atoms with E-state index in [9.17, 15) is 4.79 Å². The number of carbonyl (C=O) groups excluding carboxylic acids is 1. The van der Waals surface area contributed by atoms with Crippen molar-refractivity contribution in [2.75, 3.05) is 24.3 Å². The van der Waals surface area contributed by atoms with E-state index in [1.165, 1.54) is 0 Å². The lowest BCUT2D eigenvalue weighted by molar-refractivity contribution is -0.120. The Labute approximate surface area is 158 Å². The number of amidine groups is 1. The molecule has 5 nitrogen and oxygen atoms in total. The van der Waals surface area contributed by atoms with Gasteiger partial charge in [-0.15, -0.1) is 0 Å². The van der Waals surface area contributed by atoms with Gasteiger partial charge in [-0.1, -0.05) is 42.1 Å². The lowest BCUT2D eigenvalue weighted by Crippen LogP contribution is -2.31. The quantitative estimate of drug-likeness (QED) is 0.877. The number of thioether (sulfide) groups is 1. The average Bonchev–Trinajstić information content (AvgIpc) is 2.66. The maximum absolute atomic E-state index is 12.4. The number of carbonyl (C=O) groups is 1. The predicted molar refractivity (Wildman–Crippen MR) is 108 cm³/mol. The van der Waals surface area contributed by atoms with Gasteiger partial charge in [-0.2, -0.15) is 0 Å². The maximum Gasteiger partial charge on any atom is 0.264 e. The molecule has 26 heavy (non-hydrogen) atoms. The molecule has 2 aromatic carbocycles. The van der Waals surface area contributed by atoms with Crippen LogP contribution < -0.4 is 15.4 Å². The SMILES string of the molecule is CN(C(=O)COc1cccc(C2(C)CCSC(N)=N2)c1)c1ccccc1. The van der Waals surface area contributed by atoms with Crippen molar-refractivity contribution in [3.8, 4) is 5.75 Å². The molecule has 3 rings (SSSR count). The standard InChI is InChI=1S/C20H23N3O2S/c1-20(11-12-26-19(21)22-20)15-7-6-10-17(13-15)25-14-18(24)23(2)16-8-4-3-5-9-16/h3-10,13H,11-12,14H2,1-2H3,(H2,21,22). The van der Waals surface area contributed by atoms with Gasteiger partial charge in [0.15, 0.2) is 11.8 Å². The molecule has 0 fully saturated rings. The highest BCUT2D eigenvalue weighted by Crippen LogP contribution is 2.36. The molecule has 0 radical (unpaired) electrons. The fourth-order valence-electron chi connectivity index (χ4n) is 2.85. The molecular weight excluding hydrogens is 346 g/mol. The third-order valence-electron chi connectivity index (χ3n) is 4.53. The van der Waals surface area contributed by atoms with Crippen molar-refractivity contribution in [1.29, 1.82) is 0 Å². The number of para-hydroxylation sites is 1. The van der Waals surface area contributed by atoms with Crippen molar-refractivity contribution < 1.29 is 9.53 Å². The monoisotopic (exact) mass is 369 g/mol. The molecule has 0 spiro atoms. The summed E-state index contributed by atoms with van der Waals surface area (Å²) in [6.45, 7) is 2.06. The molecule has 1 aliphatic rings. The molecule has 1 heterocycles. The molecule has 2 aromatic rings. The van der Waals surface area contributed by atoms with Crippen LogP contribution in [0.1, 0.15) is 18.9 Å². The van der Waals surface area contributed by atoms with Gasteiger partial charge in [-0.25, -0.2) is 0 Å². The van der Waals surface area contributed by atoms with Crippen molar-refractivity contribution in [3.63, 3.8) is 0 Å². The molecule has 2 N–H and O–H groups in total. The largest absolute Gasteiger partial charge is 0.484 e. The topological polar surface area (TPSA) is 67.9 Å². The number of amides is 1. The van der Waals surface area contributed by atoms with E-state index in [-0.39, 0.29) is 18.1 Å². The van der Waals surface area contributed by atoms with Crippen LogP contribution in [0.3, 0.4) is 0 Å². The number of ether oxygens (including phenoxy) is 1. The van der Waals surface area contributed by atoms with Gasteiger partial charge in [0.1, 0.15) is 5.75 Å². The molecular formula is C20H23N3O2S. The summed E-state index contributed by atoms with van der Waals surface area (Å²) in [6, 6.07) is 17.3. The molecule has 0 aromatic heterocycles. The van der Waals surface area contributed by atoms with E-state index in [1.54, 1.807) is 23.7 Å². The fraction of sp³-hybridized carbons (Fsp3) is 0.300. The van der Waals surface area contributed by atoms with Gasteiger partial charge in [0.25, 0.3) is 5.91 Å². The van der Waals surface area contributed by atoms with Crippen LogP contribution in [-0.4, -0.2) is 30.5 Å². The molecule has 0 saturated heterocycles. The molecule has 1 atom stereocenters. The summed E-state index contributed by atoms with van der Waals surface area (Å²) in [6.07, 6.45) is 0.914. The first kappa shape index (κ1) is 18.3. The van der Waals surface area contributed by atoms with E-state index >= 15 is 0 Å². The third-order valence-corrected chi connectivity index (χ3v) is 5.33. The number of benzene rings is 2. The Kier molecular flexibility index (Phi) is 5.52. The second-order valence-electron chi connectivity index (χ2n) is 6.43. The van der Waals surface area contributed by atoms with Gasteiger partial charge in [-0.05, 0) is 43.2 Å². The zero-order valence-corrected chi connectivity index (χ0v) is 15.8. The predicted octanol–water partition coefficient (Wildman–Crippen LogP) is 3.40. The van der Waals surface area contributed by atoms with Crippen LogP contribution in [0.2, 0.25) is 0 Å². The van der Waals surface area contributed by atoms with E-state index in [0.717, 1.165) is 23.4 Å². The van der Waals surface area contributed by atoms with E-state index in [1.807, 2.05) is 54.6 Å². The van der Waals surface area contributed by atoms with Crippen LogP contribution in [0.5, 0.6) is 5.75 Å². The Morgan fingerprint density at radius 1 is 1.27 bits per heavy atom. The van der Waals surface area contributed by atoms with Crippen LogP contribution >= 0.6 is 11.8 Å². The van der Waals surface area contributed by atoms with Gasteiger partial charge in [0.05, 0.1) is 5.54 Å². The van der Waals surface area contributed by atoms with Crippen molar-refractivity contribution in [3.05, 3.63) is 60.2 Å². The van der Waals surface area contributed by atoms with E-state index < -0.39 is 0 Å². The number of anilines is 1. The number of hydrogen-bond acceptors (Lipinski definition) is 5. The van der Waals surface area contributed by atoms with E-state index in [4.69, 9.17) is 10.5 Å². The Balaban J connectivity index is 1.68. The molecule has 1 aliphatic heterocycles. The molecule has 136 valence electrons. The number of nitrogens with zero attached hydrogens (tertiary/aromatic N) is 2. The highest BCUT2D eigenvalue weighted by Gasteiger charge is 2.29. The van der Waals surface area contributed by atoms with Crippen molar-refractivity contribution in [2.24, 2.45) is 10.7 Å². The van der Waals surface area contributed by atoms with E-state index in [0.29, 0.717) is 10.9 Å². The summed E-state index contributed by atoms with van der Waals surface area (Å²) in [5.74, 6) is 1.49. The van der Waals surface area contributed by atoms with Gasteiger partial charge >= 0.3 is 0 Å². The molecule has 0 aliphatic carbocycles. The molecule has 1 unspecified atom stereocenters. The highest BCUT2D eigenvalue weighted by atomic mass is 32.2. The minimum Gasteiger partial charge on any atom is -0.484 e. The number of aliphatic imine (C=N–C) groups is 1. The first-order valence-electron chi connectivity index (χ1n) is 8.51. The van der Waals surface area contributed by atoms with Crippen molar-refractivity contribution in [1.82, 2.24) is 0 Å². The van der Waals surface area contributed by atoms with Gasteiger partial charge in [-0.3, -0.25) is 9.79 Å². The minimum absolute atomic E-state index is 0.0210. The Bertz CT molecular complexity index is 810. The van der Waals surface area contributed by atoms with Crippen LogP contribution in [0.4, 0.5) is 5.69 Å². The molecule has 1 amide bonds. The number of nitrogens with two attached hydrogens (primary N) is 1. The Morgan fingerprint density at radius 3 is 2.77 bits per heavy atom. The normalized spacial score (nSPS) is 19.5. The number of likely N-dealkylation sites (N-methyl/N-ethyl adjacent to an activating group) is 1. The number of rotatable bonds is 5. The second-order valence-corrected chi connectivity index (χ2v) is 7.54. The second kappa shape index (κ2) is 7.83. The maximum atomic E-state index is 12.4. The average molecular weight is 369 g/mol. The van der Waals surface area contributed by atoms with Gasteiger partial charge < -0.3 is 15.4 Å². The lowest BCUT2D eigenvalue weighted by Gasteiger charge is -2.30. The van der Waals surface area contributed by atoms with Gasteiger partial charge in [0.2, 0.25) is 0 Å². The summed E-state index contributed by atoms with van der Waals surface area (Å²) in [7, 11) is 1.75. The summed E-state index contributed by atoms with van der Waals surface area (Å²) < 4.78 is 5.74. The number of hydrogen-bond donors (Lipinski definition) is 1. The van der Waals surface area contributed by atoms with Crippen LogP contribution in [-0.2, 0) is 10.3 Å². The zero-order chi connectivity index (χ0) is 18.6. The zero-order valence-electron chi connectivity index (χ0n) is 15.0. The van der Waals surface area contributed by atoms with E-state index in [2.05, 4.69) is 11.9 Å². The third kappa shape index (κ3) is 4.19. The molecule has 0 saturated carbocycles. The first-order chi connectivity index (χ1) is 12.5. The smallest absolute Gasteiger partial charge is 0.264 e.